The summed E-state index contributed by atoms with van der Waals surface area (Å²) in [6.45, 7) is 4.35. The Bertz CT molecular complexity index is 471. The summed E-state index contributed by atoms with van der Waals surface area (Å²) in [5.41, 5.74) is 5.83. The van der Waals surface area contributed by atoms with E-state index in [1.54, 1.807) is 17.0 Å². The first-order valence-corrected chi connectivity index (χ1v) is 7.75. The van der Waals surface area contributed by atoms with Gasteiger partial charge in [0.2, 0.25) is 0 Å². The minimum atomic E-state index is -0.0190. The van der Waals surface area contributed by atoms with E-state index < -0.39 is 0 Å². The Kier molecular flexibility index (Phi) is 5.59. The van der Waals surface area contributed by atoms with Crippen molar-refractivity contribution in [2.24, 2.45) is 17.6 Å². The zero-order chi connectivity index (χ0) is 14.4. The first-order chi connectivity index (χ1) is 9.76. The topological polar surface area (TPSA) is 72.9 Å². The van der Waals surface area contributed by atoms with E-state index in [1.807, 2.05) is 0 Å². The summed E-state index contributed by atoms with van der Waals surface area (Å²) in [7, 11) is 0. The van der Waals surface area contributed by atoms with E-state index in [4.69, 9.17) is 5.73 Å². The largest absolute Gasteiger partial charge is 0.365 e. The van der Waals surface area contributed by atoms with E-state index in [1.165, 1.54) is 25.7 Å². The molecule has 5 nitrogen and oxygen atoms in total. The summed E-state index contributed by atoms with van der Waals surface area (Å²) in [5.74, 6) is 1.62. The van der Waals surface area contributed by atoms with Crippen LogP contribution in [0.1, 0.15) is 39.0 Å². The molecule has 1 fully saturated rings. The van der Waals surface area contributed by atoms with Crippen molar-refractivity contribution < 1.29 is 0 Å². The van der Waals surface area contributed by atoms with Crippen LogP contribution in [0.15, 0.2) is 17.2 Å². The van der Waals surface area contributed by atoms with Crippen LogP contribution in [0.4, 0.5) is 5.82 Å². The van der Waals surface area contributed by atoms with Gasteiger partial charge in [0.25, 0.3) is 5.56 Å². The molecular weight excluding hydrogens is 252 g/mol. The van der Waals surface area contributed by atoms with Crippen LogP contribution in [0.2, 0.25) is 0 Å². The zero-order valence-corrected chi connectivity index (χ0v) is 12.3. The van der Waals surface area contributed by atoms with Gasteiger partial charge in [0.05, 0.1) is 0 Å². The van der Waals surface area contributed by atoms with Crippen molar-refractivity contribution in [1.29, 1.82) is 0 Å². The third-order valence-corrected chi connectivity index (χ3v) is 4.28. The molecule has 20 heavy (non-hydrogen) atoms. The number of nitrogens with zero attached hydrogens (tertiary/aromatic N) is 2. The Balaban J connectivity index is 1.99. The van der Waals surface area contributed by atoms with E-state index in [0.717, 1.165) is 26.1 Å². The zero-order valence-electron chi connectivity index (χ0n) is 12.3. The molecule has 112 valence electrons. The van der Waals surface area contributed by atoms with Gasteiger partial charge in [0.1, 0.15) is 0 Å². The van der Waals surface area contributed by atoms with Gasteiger partial charge in [0.15, 0.2) is 5.82 Å². The molecule has 0 aliphatic heterocycles. The minimum Gasteiger partial charge on any atom is -0.365 e. The Morgan fingerprint density at radius 2 is 2.15 bits per heavy atom. The van der Waals surface area contributed by atoms with Gasteiger partial charge >= 0.3 is 0 Å². The maximum atomic E-state index is 12.2. The lowest BCUT2D eigenvalue weighted by molar-refractivity contribution is 0.255. The summed E-state index contributed by atoms with van der Waals surface area (Å²) >= 11 is 0. The summed E-state index contributed by atoms with van der Waals surface area (Å²) in [6.07, 6.45) is 9.36. The van der Waals surface area contributed by atoms with Crippen molar-refractivity contribution in [2.45, 2.75) is 45.6 Å². The van der Waals surface area contributed by atoms with Crippen LogP contribution in [-0.4, -0.2) is 22.6 Å². The fraction of sp³-hybridized carbons (Fsp3) is 0.733. The molecule has 0 bridgehead atoms. The van der Waals surface area contributed by atoms with Crippen molar-refractivity contribution in [2.75, 3.05) is 18.4 Å². The predicted octanol–water partition coefficient (Wildman–Crippen LogP) is 1.83. The highest BCUT2D eigenvalue weighted by atomic mass is 16.1. The second-order valence-corrected chi connectivity index (χ2v) is 5.70. The molecule has 2 unspecified atom stereocenters. The second-order valence-electron chi connectivity index (χ2n) is 5.70. The van der Waals surface area contributed by atoms with Gasteiger partial charge < -0.3 is 15.6 Å². The number of aromatic nitrogens is 2. The number of aryl methyl sites for hydroxylation is 1. The molecule has 0 spiro atoms. The van der Waals surface area contributed by atoms with E-state index >= 15 is 0 Å². The fourth-order valence-electron chi connectivity index (χ4n) is 3.08. The van der Waals surface area contributed by atoms with Gasteiger partial charge in [-0.3, -0.25) is 4.79 Å². The first-order valence-electron chi connectivity index (χ1n) is 7.75. The van der Waals surface area contributed by atoms with Crippen molar-refractivity contribution in [3.05, 3.63) is 22.7 Å². The highest BCUT2D eigenvalue weighted by Crippen LogP contribution is 2.29. The molecule has 1 aliphatic carbocycles. The molecule has 0 amide bonds. The summed E-state index contributed by atoms with van der Waals surface area (Å²) in [4.78, 5) is 16.4. The van der Waals surface area contributed by atoms with Gasteiger partial charge in [-0.15, -0.1) is 0 Å². The van der Waals surface area contributed by atoms with Crippen LogP contribution in [0.3, 0.4) is 0 Å². The number of nitrogens with two attached hydrogens (primary N) is 1. The molecule has 1 aromatic heterocycles. The summed E-state index contributed by atoms with van der Waals surface area (Å²) in [5, 5.41) is 3.25. The van der Waals surface area contributed by atoms with Crippen LogP contribution in [-0.2, 0) is 6.54 Å². The molecule has 2 rings (SSSR count). The SMILES string of the molecule is CCCn1ccnc(NCC2CCCCC2CN)c1=O. The van der Waals surface area contributed by atoms with E-state index in [0.29, 0.717) is 17.7 Å². The number of hydrogen-bond acceptors (Lipinski definition) is 4. The molecule has 0 aromatic carbocycles. The molecule has 0 radical (unpaired) electrons. The molecule has 3 N–H and O–H groups in total. The summed E-state index contributed by atoms with van der Waals surface area (Å²) in [6, 6.07) is 0. The van der Waals surface area contributed by atoms with Gasteiger partial charge in [-0.1, -0.05) is 19.8 Å². The average Bonchev–Trinajstić information content (AvgIpc) is 2.48. The van der Waals surface area contributed by atoms with Gasteiger partial charge in [-0.25, -0.2) is 4.98 Å². The molecule has 1 heterocycles. The minimum absolute atomic E-state index is 0.0190. The highest BCUT2D eigenvalue weighted by molar-refractivity contribution is 5.30. The fourth-order valence-corrected chi connectivity index (χ4v) is 3.08. The third kappa shape index (κ3) is 3.60. The Morgan fingerprint density at radius 1 is 1.40 bits per heavy atom. The predicted molar refractivity (Wildman–Crippen MR) is 81.8 cm³/mol. The Morgan fingerprint density at radius 3 is 2.85 bits per heavy atom. The van der Waals surface area contributed by atoms with Crippen molar-refractivity contribution in [3.8, 4) is 0 Å². The normalized spacial score (nSPS) is 22.7. The molecule has 0 saturated heterocycles. The van der Waals surface area contributed by atoms with Crippen LogP contribution in [0, 0.1) is 11.8 Å². The lowest BCUT2D eigenvalue weighted by Gasteiger charge is -2.30. The quantitative estimate of drug-likeness (QED) is 0.832. The maximum Gasteiger partial charge on any atom is 0.293 e. The molecule has 2 atom stereocenters. The van der Waals surface area contributed by atoms with Gasteiger partial charge in [-0.05, 0) is 37.6 Å². The third-order valence-electron chi connectivity index (χ3n) is 4.28. The first kappa shape index (κ1) is 15.0. The van der Waals surface area contributed by atoms with E-state index in [2.05, 4.69) is 17.2 Å². The van der Waals surface area contributed by atoms with Crippen LogP contribution in [0.25, 0.3) is 0 Å². The monoisotopic (exact) mass is 278 g/mol. The lowest BCUT2D eigenvalue weighted by Crippen LogP contribution is -2.33. The van der Waals surface area contributed by atoms with Crippen LogP contribution in [0.5, 0.6) is 0 Å². The van der Waals surface area contributed by atoms with Crippen LogP contribution < -0.4 is 16.6 Å². The van der Waals surface area contributed by atoms with E-state index in [9.17, 15) is 4.79 Å². The number of hydrogen-bond donors (Lipinski definition) is 2. The molecule has 5 heteroatoms. The van der Waals surface area contributed by atoms with Crippen molar-refractivity contribution >= 4 is 5.82 Å². The van der Waals surface area contributed by atoms with Crippen LogP contribution >= 0.6 is 0 Å². The molecule has 1 aliphatic rings. The second kappa shape index (κ2) is 7.43. The smallest absolute Gasteiger partial charge is 0.293 e. The Hall–Kier alpha value is -1.36. The highest BCUT2D eigenvalue weighted by Gasteiger charge is 2.23. The maximum absolute atomic E-state index is 12.2. The van der Waals surface area contributed by atoms with Gasteiger partial charge in [-0.2, -0.15) is 0 Å². The Labute approximate surface area is 120 Å². The lowest BCUT2D eigenvalue weighted by atomic mass is 9.79. The molecule has 1 aromatic rings. The number of anilines is 1. The average molecular weight is 278 g/mol. The molecule has 1 saturated carbocycles. The summed E-state index contributed by atoms with van der Waals surface area (Å²) < 4.78 is 1.72. The molecular formula is C15H26N4O. The van der Waals surface area contributed by atoms with Crippen molar-refractivity contribution in [3.63, 3.8) is 0 Å². The standard InChI is InChI=1S/C15H26N4O/c1-2-8-19-9-7-17-14(15(19)20)18-11-13-6-4-3-5-12(13)10-16/h7,9,12-13H,2-6,8,10-11,16H2,1H3,(H,17,18). The van der Waals surface area contributed by atoms with Gasteiger partial charge in [0, 0.05) is 25.5 Å². The number of nitrogens with one attached hydrogen (secondary N) is 1. The number of rotatable bonds is 6. The van der Waals surface area contributed by atoms with Crippen molar-refractivity contribution in [1.82, 2.24) is 9.55 Å². The van der Waals surface area contributed by atoms with E-state index in [-0.39, 0.29) is 5.56 Å².